The third-order valence-corrected chi connectivity index (χ3v) is 4.38. The van der Waals surface area contributed by atoms with Crippen LogP contribution in [0, 0.1) is 0 Å². The summed E-state index contributed by atoms with van der Waals surface area (Å²) in [5, 5.41) is 0. The molecule has 0 fully saturated rings. The van der Waals surface area contributed by atoms with Crippen molar-refractivity contribution >= 4 is 15.9 Å². The van der Waals surface area contributed by atoms with Crippen molar-refractivity contribution in [3.05, 3.63) is 0 Å². The molecular formula is C14H30BrN. The summed E-state index contributed by atoms with van der Waals surface area (Å²) in [6, 6.07) is 0. The second kappa shape index (κ2) is 11.9. The summed E-state index contributed by atoms with van der Waals surface area (Å²) < 4.78 is 0. The average Bonchev–Trinajstić information content (AvgIpc) is 2.26. The molecule has 16 heavy (non-hydrogen) atoms. The Hall–Kier alpha value is 0.440. The molecule has 0 radical (unpaired) electrons. The van der Waals surface area contributed by atoms with Crippen LogP contribution in [0.25, 0.3) is 0 Å². The number of nitrogens with zero attached hydrogens (tertiary/aromatic N) is 1. The highest BCUT2D eigenvalue weighted by molar-refractivity contribution is 9.09. The van der Waals surface area contributed by atoms with E-state index in [2.05, 4.69) is 41.8 Å². The van der Waals surface area contributed by atoms with Crippen LogP contribution in [0.5, 0.6) is 0 Å². The zero-order chi connectivity index (χ0) is 12.2. The second-order valence-electron chi connectivity index (χ2n) is 5.02. The molecule has 0 aromatic heterocycles. The Labute approximate surface area is 111 Å². The van der Waals surface area contributed by atoms with Gasteiger partial charge in [0.2, 0.25) is 0 Å². The zero-order valence-electron chi connectivity index (χ0n) is 11.5. The number of alkyl halides is 1. The fourth-order valence-corrected chi connectivity index (χ4v) is 2.21. The van der Waals surface area contributed by atoms with Gasteiger partial charge in [-0.15, -0.1) is 0 Å². The molecule has 0 spiro atoms. The standard InChI is InChI=1S/C14H30BrN/c1-4-5-6-7-8-9-10-11-12-13-14(15)16(2)3/h14H,4-13H2,1-3H3. The monoisotopic (exact) mass is 291 g/mol. The lowest BCUT2D eigenvalue weighted by molar-refractivity contribution is 0.363. The molecule has 0 amide bonds. The summed E-state index contributed by atoms with van der Waals surface area (Å²) in [7, 11) is 4.26. The minimum Gasteiger partial charge on any atom is -0.297 e. The topological polar surface area (TPSA) is 3.24 Å². The molecule has 0 rings (SSSR count). The summed E-state index contributed by atoms with van der Waals surface area (Å²) in [4.78, 5) is 2.81. The van der Waals surface area contributed by atoms with E-state index in [1.807, 2.05) is 0 Å². The van der Waals surface area contributed by atoms with Gasteiger partial charge in [0.05, 0.1) is 4.95 Å². The molecule has 0 aromatic carbocycles. The van der Waals surface area contributed by atoms with Gasteiger partial charge in [0, 0.05) is 0 Å². The minimum atomic E-state index is 0.567. The van der Waals surface area contributed by atoms with Crippen molar-refractivity contribution in [1.82, 2.24) is 4.90 Å². The van der Waals surface area contributed by atoms with E-state index >= 15 is 0 Å². The Morgan fingerprint density at radius 3 is 1.69 bits per heavy atom. The van der Waals surface area contributed by atoms with Crippen LogP contribution in [0.4, 0.5) is 0 Å². The Balaban J connectivity index is 3.04. The van der Waals surface area contributed by atoms with Crippen molar-refractivity contribution in [2.45, 2.75) is 76.1 Å². The average molecular weight is 292 g/mol. The Bertz CT molecular complexity index is 137. The molecule has 0 N–H and O–H groups in total. The first-order chi connectivity index (χ1) is 7.68. The van der Waals surface area contributed by atoms with Gasteiger partial charge in [-0.25, -0.2) is 0 Å². The molecule has 1 atom stereocenters. The summed E-state index contributed by atoms with van der Waals surface area (Å²) in [6.45, 7) is 2.28. The van der Waals surface area contributed by atoms with E-state index in [4.69, 9.17) is 0 Å². The van der Waals surface area contributed by atoms with Gasteiger partial charge in [-0.1, -0.05) is 80.6 Å². The minimum absolute atomic E-state index is 0.567. The first-order valence-corrected chi connectivity index (χ1v) is 7.90. The summed E-state index contributed by atoms with van der Waals surface area (Å²) >= 11 is 3.68. The van der Waals surface area contributed by atoms with Crippen molar-refractivity contribution in [1.29, 1.82) is 0 Å². The molecule has 2 heteroatoms. The molecule has 1 unspecified atom stereocenters. The first-order valence-electron chi connectivity index (χ1n) is 6.99. The van der Waals surface area contributed by atoms with Crippen LogP contribution in [0.2, 0.25) is 0 Å². The molecule has 0 aliphatic rings. The maximum Gasteiger partial charge on any atom is 0.0650 e. The van der Waals surface area contributed by atoms with Crippen LogP contribution in [-0.4, -0.2) is 23.9 Å². The predicted octanol–water partition coefficient (Wildman–Crippen LogP) is 5.19. The highest BCUT2D eigenvalue weighted by atomic mass is 79.9. The quantitative estimate of drug-likeness (QED) is 0.288. The molecule has 0 aliphatic carbocycles. The number of halogens is 1. The fourth-order valence-electron chi connectivity index (χ4n) is 1.88. The van der Waals surface area contributed by atoms with E-state index in [-0.39, 0.29) is 0 Å². The zero-order valence-corrected chi connectivity index (χ0v) is 13.1. The normalized spacial score (nSPS) is 13.3. The largest absolute Gasteiger partial charge is 0.297 e. The maximum absolute atomic E-state index is 3.68. The van der Waals surface area contributed by atoms with Crippen LogP contribution >= 0.6 is 15.9 Å². The van der Waals surface area contributed by atoms with Gasteiger partial charge < -0.3 is 0 Å². The van der Waals surface area contributed by atoms with E-state index in [1.165, 1.54) is 64.2 Å². The van der Waals surface area contributed by atoms with Crippen molar-refractivity contribution in [2.75, 3.05) is 14.1 Å². The molecule has 0 aromatic rings. The van der Waals surface area contributed by atoms with E-state index in [0.29, 0.717) is 4.95 Å². The number of rotatable bonds is 11. The molecule has 0 bridgehead atoms. The summed E-state index contributed by atoms with van der Waals surface area (Å²) in [5.74, 6) is 0. The van der Waals surface area contributed by atoms with Crippen molar-refractivity contribution < 1.29 is 0 Å². The third kappa shape index (κ3) is 10.9. The van der Waals surface area contributed by atoms with Gasteiger partial charge in [-0.05, 0) is 20.5 Å². The molecule has 0 heterocycles. The molecule has 0 aliphatic heterocycles. The van der Waals surface area contributed by atoms with Crippen molar-refractivity contribution in [2.24, 2.45) is 0 Å². The molecule has 1 nitrogen and oxygen atoms in total. The molecular weight excluding hydrogens is 262 g/mol. The second-order valence-corrected chi connectivity index (χ2v) is 6.07. The number of hydrogen-bond donors (Lipinski definition) is 0. The van der Waals surface area contributed by atoms with E-state index in [0.717, 1.165) is 0 Å². The number of unbranched alkanes of at least 4 members (excludes halogenated alkanes) is 8. The molecule has 0 saturated heterocycles. The number of hydrogen-bond acceptors (Lipinski definition) is 1. The van der Waals surface area contributed by atoms with Crippen LogP contribution < -0.4 is 0 Å². The van der Waals surface area contributed by atoms with Crippen LogP contribution in [0.3, 0.4) is 0 Å². The van der Waals surface area contributed by atoms with E-state index in [9.17, 15) is 0 Å². The van der Waals surface area contributed by atoms with Gasteiger partial charge in [0.25, 0.3) is 0 Å². The molecule has 0 saturated carbocycles. The van der Waals surface area contributed by atoms with Gasteiger partial charge in [-0.3, -0.25) is 4.90 Å². The fraction of sp³-hybridized carbons (Fsp3) is 1.00. The SMILES string of the molecule is CCCCCCCCCCCC(Br)N(C)C. The van der Waals surface area contributed by atoms with Gasteiger partial charge in [0.1, 0.15) is 0 Å². The first kappa shape index (κ1) is 16.4. The Morgan fingerprint density at radius 1 is 0.812 bits per heavy atom. The van der Waals surface area contributed by atoms with Gasteiger partial charge >= 0.3 is 0 Å². The third-order valence-electron chi connectivity index (χ3n) is 3.11. The van der Waals surface area contributed by atoms with E-state index < -0.39 is 0 Å². The van der Waals surface area contributed by atoms with Crippen molar-refractivity contribution in [3.63, 3.8) is 0 Å². The predicted molar refractivity (Wildman–Crippen MR) is 78.2 cm³/mol. The van der Waals surface area contributed by atoms with E-state index in [1.54, 1.807) is 0 Å². The lowest BCUT2D eigenvalue weighted by Crippen LogP contribution is -2.21. The van der Waals surface area contributed by atoms with Gasteiger partial charge in [-0.2, -0.15) is 0 Å². The smallest absolute Gasteiger partial charge is 0.0650 e. The highest BCUT2D eigenvalue weighted by Gasteiger charge is 2.04. The van der Waals surface area contributed by atoms with Crippen molar-refractivity contribution in [3.8, 4) is 0 Å². The van der Waals surface area contributed by atoms with Crippen LogP contribution in [-0.2, 0) is 0 Å². The highest BCUT2D eigenvalue weighted by Crippen LogP contribution is 2.15. The maximum atomic E-state index is 3.68. The van der Waals surface area contributed by atoms with Gasteiger partial charge in [0.15, 0.2) is 0 Å². The summed E-state index contributed by atoms with van der Waals surface area (Å²) in [6.07, 6.45) is 14.1. The Morgan fingerprint density at radius 2 is 1.25 bits per heavy atom. The summed E-state index contributed by atoms with van der Waals surface area (Å²) in [5.41, 5.74) is 0. The Kier molecular flexibility index (Phi) is 12.2. The lowest BCUT2D eigenvalue weighted by Gasteiger charge is -2.17. The lowest BCUT2D eigenvalue weighted by atomic mass is 10.1. The van der Waals surface area contributed by atoms with Crippen LogP contribution in [0.1, 0.15) is 71.1 Å². The molecule has 98 valence electrons. The van der Waals surface area contributed by atoms with Crippen LogP contribution in [0.15, 0.2) is 0 Å².